The Morgan fingerprint density at radius 3 is 2.38 bits per heavy atom. The van der Waals surface area contributed by atoms with Crippen LogP contribution in [0.4, 0.5) is 0 Å². The summed E-state index contributed by atoms with van der Waals surface area (Å²) in [6.07, 6.45) is 3.04. The number of fused-ring (bicyclic) bond motifs is 2. The summed E-state index contributed by atoms with van der Waals surface area (Å²) in [5, 5.41) is 0. The van der Waals surface area contributed by atoms with Crippen molar-refractivity contribution < 1.29 is 3.85 Å². The summed E-state index contributed by atoms with van der Waals surface area (Å²) in [6.45, 7) is 0.861. The molecule has 0 radical (unpaired) electrons. The maximum atomic E-state index is 5.86. The third kappa shape index (κ3) is 3.80. The predicted octanol–water partition coefficient (Wildman–Crippen LogP) is 6.83. The van der Waals surface area contributed by atoms with E-state index in [0.717, 1.165) is 34.8 Å². The van der Waals surface area contributed by atoms with Gasteiger partial charge in [0.05, 0.1) is 0 Å². The van der Waals surface area contributed by atoms with E-state index < -0.39 is 0 Å². The van der Waals surface area contributed by atoms with Crippen LogP contribution in [0.5, 0.6) is 0 Å². The molecule has 0 atom stereocenters. The summed E-state index contributed by atoms with van der Waals surface area (Å²) in [7, 11) is 0. The molecule has 3 nitrogen and oxygen atoms in total. The fourth-order valence-corrected chi connectivity index (χ4v) is 4.15. The van der Waals surface area contributed by atoms with E-state index >= 15 is 0 Å². The second-order valence-corrected chi connectivity index (χ2v) is 7.72. The third-order valence-electron chi connectivity index (χ3n) is 5.02. The van der Waals surface area contributed by atoms with Gasteiger partial charge in [0.1, 0.15) is 10.4 Å². The number of nitrogens with zero attached hydrogens (tertiary/aromatic N) is 2. The lowest BCUT2D eigenvalue weighted by molar-refractivity contribution is 0.690. The highest BCUT2D eigenvalue weighted by molar-refractivity contribution is 7.06. The van der Waals surface area contributed by atoms with Crippen molar-refractivity contribution in [3.05, 3.63) is 103 Å². The monoisotopic (exact) mass is 396 g/mol. The average Bonchev–Trinajstić information content (AvgIpc) is 2.98. The fourth-order valence-electron chi connectivity index (χ4n) is 3.45. The van der Waals surface area contributed by atoms with E-state index in [1.54, 1.807) is 0 Å². The molecule has 0 bridgehead atoms. The second-order valence-electron chi connectivity index (χ2n) is 6.95. The summed E-state index contributed by atoms with van der Waals surface area (Å²) in [5.74, 6) is 0.948. The highest BCUT2D eigenvalue weighted by Crippen LogP contribution is 2.26. The van der Waals surface area contributed by atoms with Crippen LogP contribution in [0.3, 0.4) is 0 Å². The van der Waals surface area contributed by atoms with Gasteiger partial charge in [0.2, 0.25) is 0 Å². The molecule has 0 saturated heterocycles. The van der Waals surface area contributed by atoms with Crippen molar-refractivity contribution in [1.82, 2.24) is 9.55 Å². The van der Waals surface area contributed by atoms with Crippen molar-refractivity contribution in [3.63, 3.8) is 0 Å². The van der Waals surface area contributed by atoms with Crippen molar-refractivity contribution in [2.75, 3.05) is 0 Å². The summed E-state index contributed by atoms with van der Waals surface area (Å²) >= 11 is 1.37. The minimum atomic E-state index is 0.803. The summed E-state index contributed by atoms with van der Waals surface area (Å²) < 4.78 is 8.06. The molecule has 5 rings (SSSR count). The van der Waals surface area contributed by atoms with E-state index in [1.165, 1.54) is 28.3 Å². The number of aromatic nitrogens is 2. The number of para-hydroxylation sites is 2. The van der Waals surface area contributed by atoms with E-state index in [4.69, 9.17) is 8.83 Å². The summed E-state index contributed by atoms with van der Waals surface area (Å²) in [4.78, 5) is 5.92. The van der Waals surface area contributed by atoms with Crippen molar-refractivity contribution in [2.45, 2.75) is 13.0 Å². The predicted molar refractivity (Wildman–Crippen MR) is 120 cm³/mol. The Morgan fingerprint density at radius 1 is 0.759 bits per heavy atom. The number of rotatable bonds is 4. The molecule has 0 aliphatic carbocycles. The number of hydrogen-bond donors (Lipinski definition) is 0. The van der Waals surface area contributed by atoms with E-state index in [-0.39, 0.29) is 0 Å². The second kappa shape index (κ2) is 7.94. The van der Waals surface area contributed by atoms with Gasteiger partial charge in [-0.3, -0.25) is 0 Å². The Morgan fingerprint density at radius 2 is 1.52 bits per heavy atom. The van der Waals surface area contributed by atoms with Gasteiger partial charge in [0.15, 0.2) is 11.4 Å². The lowest BCUT2D eigenvalue weighted by Crippen LogP contribution is -2.06. The van der Waals surface area contributed by atoms with Gasteiger partial charge < -0.3 is 8.42 Å². The standard InChI is InChI=1S/C25H20N2OS/c1-2-7-20(8-3-1)21-14-12-19(13-15-21)16-18-27-17-6-11-24-25(27)26-22-9-4-5-10-23(22)28-29-24/h1-15,17H,16,18H2. The van der Waals surface area contributed by atoms with Crippen LogP contribution in [0.25, 0.3) is 32.9 Å². The molecule has 2 aliphatic heterocycles. The van der Waals surface area contributed by atoms with Crippen molar-refractivity contribution in [3.8, 4) is 21.8 Å². The minimum Gasteiger partial charge on any atom is -0.399 e. The van der Waals surface area contributed by atoms with E-state index in [9.17, 15) is 0 Å². The molecule has 0 fully saturated rings. The van der Waals surface area contributed by atoms with Crippen LogP contribution in [-0.2, 0) is 13.0 Å². The van der Waals surface area contributed by atoms with Gasteiger partial charge in [0.25, 0.3) is 0 Å². The minimum absolute atomic E-state index is 0.803. The quantitative estimate of drug-likeness (QED) is 0.333. The lowest BCUT2D eigenvalue weighted by atomic mass is 10.0. The van der Waals surface area contributed by atoms with Crippen LogP contribution in [0.1, 0.15) is 5.56 Å². The number of hydrogen-bond acceptors (Lipinski definition) is 3. The lowest BCUT2D eigenvalue weighted by Gasteiger charge is -2.12. The van der Waals surface area contributed by atoms with Gasteiger partial charge in [-0.05, 0) is 47.4 Å². The summed E-state index contributed by atoms with van der Waals surface area (Å²) in [6, 6.07) is 31.3. The first-order valence-electron chi connectivity index (χ1n) is 9.69. The molecule has 2 heterocycles. The smallest absolute Gasteiger partial charge is 0.169 e. The number of benzene rings is 3. The molecule has 0 aromatic heterocycles. The third-order valence-corrected chi connectivity index (χ3v) is 5.78. The van der Waals surface area contributed by atoms with Gasteiger partial charge >= 0.3 is 0 Å². The molecular formula is C25H20N2OS. The van der Waals surface area contributed by atoms with Gasteiger partial charge in [-0.1, -0.05) is 66.7 Å². The summed E-state index contributed by atoms with van der Waals surface area (Å²) in [5.41, 5.74) is 5.47. The molecule has 2 aliphatic rings. The Kier molecular flexibility index (Phi) is 4.85. The molecule has 3 aromatic carbocycles. The van der Waals surface area contributed by atoms with Crippen LogP contribution in [0.2, 0.25) is 0 Å². The van der Waals surface area contributed by atoms with Crippen molar-refractivity contribution >= 4 is 22.7 Å². The van der Waals surface area contributed by atoms with Crippen molar-refractivity contribution in [2.24, 2.45) is 0 Å². The molecule has 0 N–H and O–H groups in total. The van der Waals surface area contributed by atoms with Crippen LogP contribution in [0, 0.1) is 0 Å². The first-order valence-corrected chi connectivity index (χ1v) is 10.4. The van der Waals surface area contributed by atoms with Crippen LogP contribution >= 0.6 is 11.6 Å². The van der Waals surface area contributed by atoms with Crippen LogP contribution in [-0.4, -0.2) is 9.55 Å². The van der Waals surface area contributed by atoms with Crippen molar-refractivity contribution in [1.29, 1.82) is 0 Å². The molecule has 0 unspecified atom stereocenters. The largest absolute Gasteiger partial charge is 0.399 e. The zero-order valence-corrected chi connectivity index (χ0v) is 16.7. The maximum absolute atomic E-state index is 5.86. The van der Waals surface area contributed by atoms with Gasteiger partial charge in [-0.15, -0.1) is 0 Å². The first kappa shape index (κ1) is 17.7. The normalized spacial score (nSPS) is 11.0. The maximum Gasteiger partial charge on any atom is 0.169 e. The Bertz CT molecular complexity index is 1250. The average molecular weight is 397 g/mol. The molecule has 4 heteroatoms. The van der Waals surface area contributed by atoms with Gasteiger partial charge in [0, 0.05) is 24.4 Å². The van der Waals surface area contributed by atoms with Crippen LogP contribution in [0.15, 0.2) is 101 Å². The van der Waals surface area contributed by atoms with Crippen LogP contribution < -0.4 is 0 Å². The molecule has 0 amide bonds. The van der Waals surface area contributed by atoms with Gasteiger partial charge in [-0.25, -0.2) is 4.98 Å². The molecule has 29 heavy (non-hydrogen) atoms. The highest BCUT2D eigenvalue weighted by Gasteiger charge is 2.10. The topological polar surface area (TPSA) is 31.0 Å². The SMILES string of the molecule is c1ccc(-c2ccc(CCn3cccc4soc5ccccc5nc3-4)cc2)cc1. The van der Waals surface area contributed by atoms with E-state index in [0.29, 0.717) is 0 Å². The zero-order valence-electron chi connectivity index (χ0n) is 15.9. The zero-order chi connectivity index (χ0) is 19.5. The number of pyridine rings is 1. The first-order chi connectivity index (χ1) is 14.4. The molecular weight excluding hydrogens is 376 g/mol. The molecule has 142 valence electrons. The van der Waals surface area contributed by atoms with E-state index in [1.807, 2.05) is 30.3 Å². The highest BCUT2D eigenvalue weighted by atomic mass is 32.1. The fraction of sp³-hybridized carbons (Fsp3) is 0.0800. The Hall–Kier alpha value is -3.37. The number of aryl methyl sites for hydroxylation is 2. The Labute approximate surface area is 173 Å². The molecule has 0 saturated carbocycles. The molecule has 0 spiro atoms. The van der Waals surface area contributed by atoms with Gasteiger partial charge in [-0.2, -0.15) is 0 Å². The molecule has 3 aromatic rings. The van der Waals surface area contributed by atoms with E-state index in [2.05, 4.69) is 71.4 Å². The Balaban J connectivity index is 1.42.